The summed E-state index contributed by atoms with van der Waals surface area (Å²) in [5.74, 6) is -1.23. The molecule has 0 aromatic heterocycles. The molecule has 3 saturated heterocycles. The van der Waals surface area contributed by atoms with E-state index in [9.17, 15) is 19.2 Å². The van der Waals surface area contributed by atoms with Gasteiger partial charge in [0.05, 0.1) is 12.1 Å². The molecular formula is C21H29N3O5. The predicted molar refractivity (Wildman–Crippen MR) is 103 cm³/mol. The van der Waals surface area contributed by atoms with Crippen molar-refractivity contribution in [2.24, 2.45) is 5.41 Å². The van der Waals surface area contributed by atoms with Crippen LogP contribution in [0.15, 0.2) is 11.1 Å². The average Bonchev–Trinajstić information content (AvgIpc) is 3.27. The molecule has 3 atom stereocenters. The van der Waals surface area contributed by atoms with E-state index in [0.717, 1.165) is 12.8 Å². The van der Waals surface area contributed by atoms with E-state index in [4.69, 9.17) is 4.74 Å². The van der Waals surface area contributed by atoms with Crippen molar-refractivity contribution in [3.8, 4) is 0 Å². The molecule has 1 N–H and O–H groups in total. The summed E-state index contributed by atoms with van der Waals surface area (Å²) in [6.07, 6.45) is 2.93. The second-order valence-corrected chi connectivity index (χ2v) is 9.40. The minimum atomic E-state index is -1.05. The Morgan fingerprint density at radius 3 is 2.31 bits per heavy atom. The van der Waals surface area contributed by atoms with Crippen LogP contribution in [0.4, 0.5) is 0 Å². The summed E-state index contributed by atoms with van der Waals surface area (Å²) < 4.78 is 5.34. The van der Waals surface area contributed by atoms with Crippen LogP contribution in [0.2, 0.25) is 0 Å². The van der Waals surface area contributed by atoms with Crippen LogP contribution in [0.25, 0.3) is 0 Å². The standard InChI is InChI=1S/C21H29N3O5/c1-12-15(17(26)29-20(12,2)3)16(25)23-10-14-9-13(23)11-24(14)19(28)21(4)7-5-6-8-22-18(21)27/h13-14H,5-11H2,1-4H3,(H,22,27)/t13-,14-,21?/m0/s1. The van der Waals surface area contributed by atoms with Crippen molar-refractivity contribution in [3.05, 3.63) is 11.1 Å². The highest BCUT2D eigenvalue weighted by molar-refractivity contribution is 6.19. The van der Waals surface area contributed by atoms with Crippen molar-refractivity contribution in [3.63, 3.8) is 0 Å². The van der Waals surface area contributed by atoms with Crippen molar-refractivity contribution >= 4 is 23.7 Å². The molecule has 0 spiro atoms. The quantitative estimate of drug-likeness (QED) is 0.417. The van der Waals surface area contributed by atoms with E-state index in [2.05, 4.69) is 5.32 Å². The van der Waals surface area contributed by atoms with E-state index < -0.39 is 17.0 Å². The van der Waals surface area contributed by atoms with Gasteiger partial charge >= 0.3 is 5.97 Å². The van der Waals surface area contributed by atoms with Gasteiger partial charge in [-0.25, -0.2) is 4.79 Å². The summed E-state index contributed by atoms with van der Waals surface area (Å²) >= 11 is 0. The van der Waals surface area contributed by atoms with Gasteiger partial charge in [-0.15, -0.1) is 0 Å². The first kappa shape index (κ1) is 19.9. The second-order valence-electron chi connectivity index (χ2n) is 9.40. The molecule has 1 unspecified atom stereocenters. The van der Waals surface area contributed by atoms with Gasteiger partial charge < -0.3 is 19.9 Å². The number of esters is 1. The maximum absolute atomic E-state index is 13.3. The number of hydrogen-bond donors (Lipinski definition) is 1. The largest absolute Gasteiger partial charge is 0.451 e. The lowest BCUT2D eigenvalue weighted by Gasteiger charge is -2.38. The van der Waals surface area contributed by atoms with E-state index >= 15 is 0 Å². The highest BCUT2D eigenvalue weighted by Crippen LogP contribution is 2.39. The van der Waals surface area contributed by atoms with Gasteiger partial charge in [-0.05, 0) is 52.5 Å². The van der Waals surface area contributed by atoms with Crippen molar-refractivity contribution < 1.29 is 23.9 Å². The molecule has 4 aliphatic heterocycles. The van der Waals surface area contributed by atoms with Crippen LogP contribution in [0.5, 0.6) is 0 Å². The maximum Gasteiger partial charge on any atom is 0.344 e. The fourth-order valence-corrected chi connectivity index (χ4v) is 5.00. The zero-order valence-electron chi connectivity index (χ0n) is 17.5. The first-order valence-electron chi connectivity index (χ1n) is 10.4. The topological polar surface area (TPSA) is 96.0 Å². The van der Waals surface area contributed by atoms with Crippen molar-refractivity contribution in [2.45, 2.75) is 71.1 Å². The summed E-state index contributed by atoms with van der Waals surface area (Å²) in [5.41, 5.74) is -1.06. The Labute approximate surface area is 170 Å². The van der Waals surface area contributed by atoms with Crippen LogP contribution in [-0.4, -0.2) is 70.8 Å². The molecule has 0 aliphatic carbocycles. The lowest BCUT2D eigenvalue weighted by molar-refractivity contribution is -0.153. The van der Waals surface area contributed by atoms with E-state index in [1.165, 1.54) is 0 Å². The Morgan fingerprint density at radius 2 is 1.72 bits per heavy atom. The highest BCUT2D eigenvalue weighted by Gasteiger charge is 2.54. The summed E-state index contributed by atoms with van der Waals surface area (Å²) in [6.45, 7) is 8.44. The van der Waals surface area contributed by atoms with Crippen LogP contribution < -0.4 is 5.32 Å². The molecule has 3 fully saturated rings. The highest BCUT2D eigenvalue weighted by atomic mass is 16.6. The lowest BCUT2D eigenvalue weighted by atomic mass is 9.83. The molecule has 29 heavy (non-hydrogen) atoms. The Balaban J connectivity index is 1.50. The summed E-state index contributed by atoms with van der Waals surface area (Å²) in [7, 11) is 0. The van der Waals surface area contributed by atoms with Gasteiger partial charge in [-0.1, -0.05) is 6.42 Å². The Bertz CT molecular complexity index is 832. The molecule has 4 aliphatic rings. The van der Waals surface area contributed by atoms with Crippen LogP contribution in [0.3, 0.4) is 0 Å². The predicted octanol–water partition coefficient (Wildman–Crippen LogP) is 0.756. The third-order valence-electron chi connectivity index (χ3n) is 7.17. The number of carbonyl (C=O) groups is 4. The molecule has 8 nitrogen and oxygen atoms in total. The summed E-state index contributed by atoms with van der Waals surface area (Å²) in [6, 6.07) is -0.249. The van der Waals surface area contributed by atoms with Crippen molar-refractivity contribution in [2.75, 3.05) is 19.6 Å². The van der Waals surface area contributed by atoms with Gasteiger partial charge in [0.1, 0.15) is 16.6 Å². The van der Waals surface area contributed by atoms with Crippen molar-refractivity contribution in [1.82, 2.24) is 15.1 Å². The normalized spacial score (nSPS) is 33.7. The minimum absolute atomic E-state index is 0.115. The molecule has 0 saturated carbocycles. The third-order valence-corrected chi connectivity index (χ3v) is 7.17. The van der Waals surface area contributed by atoms with Crippen molar-refractivity contribution in [1.29, 1.82) is 0 Å². The number of likely N-dealkylation sites (tertiary alicyclic amines) is 2. The molecular weight excluding hydrogens is 374 g/mol. The van der Waals surface area contributed by atoms with Gasteiger partial charge in [-0.2, -0.15) is 0 Å². The number of cyclic esters (lactones) is 1. The minimum Gasteiger partial charge on any atom is -0.451 e. The fraction of sp³-hybridized carbons (Fsp3) is 0.714. The van der Waals surface area contributed by atoms with Gasteiger partial charge in [0, 0.05) is 19.6 Å². The monoisotopic (exact) mass is 403 g/mol. The Hall–Kier alpha value is -2.38. The molecule has 2 bridgehead atoms. The lowest BCUT2D eigenvalue weighted by Crippen LogP contribution is -2.57. The number of hydrogen-bond acceptors (Lipinski definition) is 5. The number of fused-ring (bicyclic) bond motifs is 2. The molecule has 0 aromatic carbocycles. The van der Waals surface area contributed by atoms with E-state index in [1.54, 1.807) is 37.5 Å². The number of nitrogens with zero attached hydrogens (tertiary/aromatic N) is 2. The zero-order valence-corrected chi connectivity index (χ0v) is 17.5. The smallest absolute Gasteiger partial charge is 0.344 e. The first-order valence-corrected chi connectivity index (χ1v) is 10.4. The number of nitrogens with one attached hydrogen (secondary N) is 1. The second kappa shape index (κ2) is 6.57. The van der Waals surface area contributed by atoms with E-state index in [-0.39, 0.29) is 35.4 Å². The maximum atomic E-state index is 13.3. The number of piperazine rings is 1. The van der Waals surface area contributed by atoms with Crippen LogP contribution >= 0.6 is 0 Å². The molecule has 0 radical (unpaired) electrons. The number of rotatable bonds is 2. The van der Waals surface area contributed by atoms with Gasteiger partial charge in [0.15, 0.2) is 0 Å². The summed E-state index contributed by atoms with van der Waals surface area (Å²) in [5, 5.41) is 2.86. The average molecular weight is 403 g/mol. The molecule has 8 heteroatoms. The number of ether oxygens (including phenoxy) is 1. The van der Waals surface area contributed by atoms with Gasteiger partial charge in [-0.3, -0.25) is 14.4 Å². The zero-order chi connectivity index (χ0) is 21.1. The van der Waals surface area contributed by atoms with E-state index in [1.807, 2.05) is 0 Å². The Morgan fingerprint density at radius 1 is 1.07 bits per heavy atom. The Kier molecular flexibility index (Phi) is 4.51. The molecule has 158 valence electrons. The molecule has 4 heterocycles. The van der Waals surface area contributed by atoms with Gasteiger partial charge in [0.2, 0.25) is 11.8 Å². The van der Waals surface area contributed by atoms with Crippen LogP contribution in [0.1, 0.15) is 53.4 Å². The van der Waals surface area contributed by atoms with Gasteiger partial charge in [0.25, 0.3) is 5.91 Å². The van der Waals surface area contributed by atoms with E-state index in [0.29, 0.717) is 38.0 Å². The number of carbonyl (C=O) groups excluding carboxylic acids is 4. The van der Waals surface area contributed by atoms with Crippen LogP contribution in [0, 0.1) is 5.41 Å². The molecule has 3 amide bonds. The number of amides is 3. The SMILES string of the molecule is CC1=C(C(=O)N2C[C@@H]3C[C@H]2CN3C(=O)C2(C)CCCCNC2=O)C(=O)OC1(C)C. The summed E-state index contributed by atoms with van der Waals surface area (Å²) in [4.78, 5) is 54.6. The fourth-order valence-electron chi connectivity index (χ4n) is 5.00. The molecule has 4 rings (SSSR count). The van der Waals surface area contributed by atoms with Crippen LogP contribution in [-0.2, 0) is 23.9 Å². The first-order chi connectivity index (χ1) is 13.6. The third kappa shape index (κ3) is 2.95. The molecule has 0 aromatic rings.